The molecule has 1 heterocycles. The van der Waals surface area contributed by atoms with Crippen LogP contribution in [0.25, 0.3) is 0 Å². The largest absolute Gasteiger partial charge is 0.461 e. The standard InChI is InChI=1S/C8H7Cl2NO2/c1-5(12)13-4-6-2-3-7(9)11-8(6)10/h2-3H,4H2,1H3. The molecular weight excluding hydrogens is 213 g/mol. The lowest BCUT2D eigenvalue weighted by Gasteiger charge is -2.03. The molecule has 0 radical (unpaired) electrons. The average molecular weight is 220 g/mol. The molecule has 1 aromatic rings. The number of carbonyl (C=O) groups is 1. The van der Waals surface area contributed by atoms with Gasteiger partial charge in [-0.25, -0.2) is 4.98 Å². The summed E-state index contributed by atoms with van der Waals surface area (Å²) in [6, 6.07) is 3.26. The lowest BCUT2D eigenvalue weighted by atomic mass is 10.3. The molecule has 70 valence electrons. The Balaban J connectivity index is 2.72. The third-order valence-corrected chi connectivity index (χ3v) is 1.86. The summed E-state index contributed by atoms with van der Waals surface area (Å²) < 4.78 is 4.74. The van der Waals surface area contributed by atoms with E-state index in [1.54, 1.807) is 12.1 Å². The van der Waals surface area contributed by atoms with Crippen molar-refractivity contribution in [3.8, 4) is 0 Å². The molecule has 1 rings (SSSR count). The normalized spacial score (nSPS) is 9.77. The molecule has 0 aliphatic rings. The van der Waals surface area contributed by atoms with Crippen molar-refractivity contribution in [2.75, 3.05) is 0 Å². The number of hydrogen-bond acceptors (Lipinski definition) is 3. The molecule has 0 bridgehead atoms. The molecule has 0 aliphatic carbocycles. The van der Waals surface area contributed by atoms with Crippen LogP contribution in [0.1, 0.15) is 12.5 Å². The summed E-state index contributed by atoms with van der Waals surface area (Å²) in [4.78, 5) is 14.3. The molecule has 0 saturated carbocycles. The van der Waals surface area contributed by atoms with Gasteiger partial charge in [-0.15, -0.1) is 0 Å². The molecule has 5 heteroatoms. The second kappa shape index (κ2) is 4.44. The smallest absolute Gasteiger partial charge is 0.302 e. The molecule has 0 aliphatic heterocycles. The quantitative estimate of drug-likeness (QED) is 0.567. The Morgan fingerprint density at radius 2 is 2.23 bits per heavy atom. The molecule has 3 nitrogen and oxygen atoms in total. The van der Waals surface area contributed by atoms with Gasteiger partial charge in [0, 0.05) is 12.5 Å². The molecule has 13 heavy (non-hydrogen) atoms. The summed E-state index contributed by atoms with van der Waals surface area (Å²) >= 11 is 11.3. The van der Waals surface area contributed by atoms with Crippen molar-refractivity contribution in [1.82, 2.24) is 4.98 Å². The van der Waals surface area contributed by atoms with E-state index in [0.29, 0.717) is 10.7 Å². The van der Waals surface area contributed by atoms with Crippen molar-refractivity contribution in [1.29, 1.82) is 0 Å². The number of aromatic nitrogens is 1. The van der Waals surface area contributed by atoms with Crippen LogP contribution in [0.5, 0.6) is 0 Å². The van der Waals surface area contributed by atoms with E-state index in [1.807, 2.05) is 0 Å². The third kappa shape index (κ3) is 3.20. The van der Waals surface area contributed by atoms with Crippen LogP contribution in [0.15, 0.2) is 12.1 Å². The number of halogens is 2. The van der Waals surface area contributed by atoms with Crippen molar-refractivity contribution in [3.63, 3.8) is 0 Å². The first-order valence-corrected chi connectivity index (χ1v) is 4.29. The Labute approximate surface area is 85.6 Å². The third-order valence-electron chi connectivity index (χ3n) is 1.32. The number of carbonyl (C=O) groups excluding carboxylic acids is 1. The molecule has 0 saturated heterocycles. The second-order valence-electron chi connectivity index (χ2n) is 2.36. The van der Waals surface area contributed by atoms with Gasteiger partial charge in [-0.2, -0.15) is 0 Å². The first-order valence-electron chi connectivity index (χ1n) is 3.54. The lowest BCUT2D eigenvalue weighted by molar-refractivity contribution is -0.142. The summed E-state index contributed by atoms with van der Waals surface area (Å²) in [5, 5.41) is 0.574. The Morgan fingerprint density at radius 3 is 2.77 bits per heavy atom. The Kier molecular flexibility index (Phi) is 3.51. The average Bonchev–Trinajstić information content (AvgIpc) is 2.02. The lowest BCUT2D eigenvalue weighted by Crippen LogP contribution is -1.99. The van der Waals surface area contributed by atoms with Gasteiger partial charge in [0.05, 0.1) is 0 Å². The van der Waals surface area contributed by atoms with Gasteiger partial charge < -0.3 is 4.74 Å². The van der Waals surface area contributed by atoms with E-state index in [9.17, 15) is 4.79 Å². The second-order valence-corrected chi connectivity index (χ2v) is 3.11. The number of nitrogens with zero attached hydrogens (tertiary/aromatic N) is 1. The van der Waals surface area contributed by atoms with E-state index < -0.39 is 0 Å². The highest BCUT2D eigenvalue weighted by Crippen LogP contribution is 2.17. The minimum atomic E-state index is -0.356. The van der Waals surface area contributed by atoms with Crippen molar-refractivity contribution in [2.24, 2.45) is 0 Å². The van der Waals surface area contributed by atoms with Crippen molar-refractivity contribution >= 4 is 29.2 Å². The fourth-order valence-electron chi connectivity index (χ4n) is 0.728. The van der Waals surface area contributed by atoms with Crippen LogP contribution < -0.4 is 0 Å². The highest BCUT2D eigenvalue weighted by Gasteiger charge is 2.03. The van der Waals surface area contributed by atoms with Gasteiger partial charge in [-0.3, -0.25) is 4.79 Å². The van der Waals surface area contributed by atoms with Crippen LogP contribution in [-0.4, -0.2) is 11.0 Å². The van der Waals surface area contributed by atoms with Crippen molar-refractivity contribution in [2.45, 2.75) is 13.5 Å². The van der Waals surface area contributed by atoms with Crippen LogP contribution in [0, 0.1) is 0 Å². The van der Waals surface area contributed by atoms with E-state index in [2.05, 4.69) is 4.98 Å². The topological polar surface area (TPSA) is 39.2 Å². The zero-order chi connectivity index (χ0) is 9.84. The first kappa shape index (κ1) is 10.3. The van der Waals surface area contributed by atoms with E-state index in [4.69, 9.17) is 27.9 Å². The Morgan fingerprint density at radius 1 is 1.54 bits per heavy atom. The number of hydrogen-bond donors (Lipinski definition) is 0. The Hall–Kier alpha value is -0.800. The maximum atomic E-state index is 10.5. The molecule has 0 spiro atoms. The number of ether oxygens (including phenoxy) is 1. The summed E-state index contributed by atoms with van der Waals surface area (Å²) in [7, 11) is 0. The molecule has 0 aromatic carbocycles. The van der Waals surface area contributed by atoms with Crippen molar-refractivity contribution < 1.29 is 9.53 Å². The molecule has 0 N–H and O–H groups in total. The van der Waals surface area contributed by atoms with E-state index in [-0.39, 0.29) is 17.7 Å². The SMILES string of the molecule is CC(=O)OCc1ccc(Cl)nc1Cl. The van der Waals surface area contributed by atoms with E-state index in [1.165, 1.54) is 6.92 Å². The monoisotopic (exact) mass is 219 g/mol. The maximum Gasteiger partial charge on any atom is 0.302 e. The number of pyridine rings is 1. The number of esters is 1. The summed E-state index contributed by atoms with van der Waals surface area (Å²) in [5.41, 5.74) is 0.640. The fourth-order valence-corrected chi connectivity index (χ4v) is 1.13. The fraction of sp³-hybridized carbons (Fsp3) is 0.250. The zero-order valence-electron chi connectivity index (χ0n) is 6.88. The first-order chi connectivity index (χ1) is 6.09. The van der Waals surface area contributed by atoms with Gasteiger partial charge in [0.2, 0.25) is 0 Å². The highest BCUT2D eigenvalue weighted by molar-refractivity contribution is 6.32. The molecule has 0 unspecified atom stereocenters. The van der Waals surface area contributed by atoms with Crippen LogP contribution in [0.2, 0.25) is 10.3 Å². The zero-order valence-corrected chi connectivity index (χ0v) is 8.39. The summed E-state index contributed by atoms with van der Waals surface area (Å²) in [6.07, 6.45) is 0. The molecule has 0 amide bonds. The van der Waals surface area contributed by atoms with Crippen LogP contribution >= 0.6 is 23.2 Å². The van der Waals surface area contributed by atoms with Gasteiger partial charge in [0.15, 0.2) is 0 Å². The van der Waals surface area contributed by atoms with Gasteiger partial charge in [-0.05, 0) is 12.1 Å². The van der Waals surface area contributed by atoms with Crippen LogP contribution in [0.3, 0.4) is 0 Å². The molecular formula is C8H7Cl2NO2. The highest BCUT2D eigenvalue weighted by atomic mass is 35.5. The van der Waals surface area contributed by atoms with Gasteiger partial charge in [0.25, 0.3) is 0 Å². The maximum absolute atomic E-state index is 10.5. The number of rotatable bonds is 2. The minimum absolute atomic E-state index is 0.123. The predicted molar refractivity (Wildman–Crippen MR) is 49.7 cm³/mol. The van der Waals surface area contributed by atoms with E-state index >= 15 is 0 Å². The Bertz CT molecular complexity index is 328. The van der Waals surface area contributed by atoms with Gasteiger partial charge in [0.1, 0.15) is 16.9 Å². The predicted octanol–water partition coefficient (Wildman–Crippen LogP) is 2.45. The van der Waals surface area contributed by atoms with Crippen LogP contribution in [0.4, 0.5) is 0 Å². The minimum Gasteiger partial charge on any atom is -0.461 e. The van der Waals surface area contributed by atoms with Gasteiger partial charge in [-0.1, -0.05) is 23.2 Å². The molecule has 0 atom stereocenters. The van der Waals surface area contributed by atoms with E-state index in [0.717, 1.165) is 0 Å². The van der Waals surface area contributed by atoms with Crippen molar-refractivity contribution in [3.05, 3.63) is 28.0 Å². The van der Waals surface area contributed by atoms with Gasteiger partial charge >= 0.3 is 5.97 Å². The summed E-state index contributed by atoms with van der Waals surface area (Å²) in [5.74, 6) is -0.356. The molecule has 0 fully saturated rings. The van der Waals surface area contributed by atoms with Crippen LogP contribution in [-0.2, 0) is 16.1 Å². The molecule has 1 aromatic heterocycles. The summed E-state index contributed by atoms with van der Waals surface area (Å²) in [6.45, 7) is 1.45.